The van der Waals surface area contributed by atoms with Gasteiger partial charge in [-0.1, -0.05) is 0 Å². The highest BCUT2D eigenvalue weighted by Gasteiger charge is 2.31. The smallest absolute Gasteiger partial charge is 0.322 e. The molecule has 1 fully saturated rings. The molecular weight excluding hydrogens is 485 g/mol. The van der Waals surface area contributed by atoms with Crippen molar-refractivity contribution in [1.82, 2.24) is 9.88 Å². The highest BCUT2D eigenvalue weighted by molar-refractivity contribution is 6.06. The molecule has 6 rings (SSSR count). The monoisotopic (exact) mass is 515 g/mol. The molecule has 0 bridgehead atoms. The first-order valence-corrected chi connectivity index (χ1v) is 13.1. The number of carbonyl (C=O) groups is 2. The third kappa shape index (κ3) is 4.53. The summed E-state index contributed by atoms with van der Waals surface area (Å²) in [5.74, 6) is -0.269. The van der Waals surface area contributed by atoms with Crippen molar-refractivity contribution in [3.8, 4) is 5.75 Å². The van der Waals surface area contributed by atoms with Crippen LogP contribution in [0.15, 0.2) is 48.5 Å². The van der Waals surface area contributed by atoms with E-state index in [4.69, 9.17) is 0 Å². The Hall–Kier alpha value is -4.14. The Bertz CT molecular complexity index is 1420. The average Bonchev–Trinajstić information content (AvgIpc) is 3.25. The molecule has 0 spiro atoms. The molecule has 0 saturated carbocycles. The van der Waals surface area contributed by atoms with E-state index in [1.807, 2.05) is 24.0 Å². The van der Waals surface area contributed by atoms with Crippen LogP contribution in [0.25, 0.3) is 0 Å². The molecule has 38 heavy (non-hydrogen) atoms. The number of halogens is 1. The predicted octanol–water partition coefficient (Wildman–Crippen LogP) is 4.50. The standard InChI is InChI=1S/C29H30FN5O3/c1-18-14-23(17-26(31-18)28(37)35-13-7-20-15-21(30)2-5-27(20)35)33-10-8-22(9-11-33)34-12-6-19-16-24(36)3-4-25(19)32-29(34)38/h2-5,14-17,22,36H,6-13H2,1H3,(H,32,38). The molecule has 196 valence electrons. The van der Waals surface area contributed by atoms with Crippen LogP contribution in [0.2, 0.25) is 0 Å². The van der Waals surface area contributed by atoms with Crippen LogP contribution in [0, 0.1) is 12.7 Å². The Kier molecular flexibility index (Phi) is 6.13. The second-order valence-electron chi connectivity index (χ2n) is 10.3. The number of aryl methyl sites for hydroxylation is 1. The summed E-state index contributed by atoms with van der Waals surface area (Å²) in [4.78, 5) is 36.8. The van der Waals surface area contributed by atoms with Crippen LogP contribution in [-0.4, -0.2) is 59.1 Å². The Morgan fingerprint density at radius 1 is 1.00 bits per heavy atom. The first kappa shape index (κ1) is 24.2. The zero-order valence-corrected chi connectivity index (χ0v) is 21.3. The van der Waals surface area contributed by atoms with Crippen molar-refractivity contribution >= 4 is 29.0 Å². The average molecular weight is 516 g/mol. The Balaban J connectivity index is 1.14. The fraction of sp³-hybridized carbons (Fsp3) is 0.345. The molecule has 2 N–H and O–H groups in total. The number of fused-ring (bicyclic) bond motifs is 2. The van der Waals surface area contributed by atoms with E-state index in [-0.39, 0.29) is 29.5 Å². The molecule has 3 amide bonds. The van der Waals surface area contributed by atoms with Crippen LogP contribution in [0.3, 0.4) is 0 Å². The maximum absolute atomic E-state index is 13.6. The fourth-order valence-electron chi connectivity index (χ4n) is 5.88. The van der Waals surface area contributed by atoms with Gasteiger partial charge in [0.1, 0.15) is 17.3 Å². The highest BCUT2D eigenvalue weighted by Crippen LogP contribution is 2.32. The summed E-state index contributed by atoms with van der Waals surface area (Å²) in [6, 6.07) is 13.4. The number of benzene rings is 2. The highest BCUT2D eigenvalue weighted by atomic mass is 19.1. The number of rotatable bonds is 3. The second kappa shape index (κ2) is 9.63. The summed E-state index contributed by atoms with van der Waals surface area (Å²) in [6.45, 7) is 4.50. The molecule has 0 atom stereocenters. The van der Waals surface area contributed by atoms with Crippen LogP contribution in [0.4, 0.5) is 26.2 Å². The van der Waals surface area contributed by atoms with E-state index in [2.05, 4.69) is 15.2 Å². The minimum Gasteiger partial charge on any atom is -0.508 e. The number of phenolic OH excluding ortho intramolecular Hbond substituents is 1. The van der Waals surface area contributed by atoms with Crippen molar-refractivity contribution in [2.75, 3.05) is 41.3 Å². The van der Waals surface area contributed by atoms with E-state index < -0.39 is 0 Å². The van der Waals surface area contributed by atoms with Crippen molar-refractivity contribution in [1.29, 1.82) is 0 Å². The van der Waals surface area contributed by atoms with Crippen molar-refractivity contribution < 1.29 is 19.1 Å². The number of phenols is 1. The van der Waals surface area contributed by atoms with Crippen LogP contribution in [0.1, 0.15) is 40.2 Å². The molecule has 1 saturated heterocycles. The Morgan fingerprint density at radius 2 is 1.79 bits per heavy atom. The lowest BCUT2D eigenvalue weighted by atomic mass is 10.0. The number of nitrogens with zero attached hydrogens (tertiary/aromatic N) is 4. The summed E-state index contributed by atoms with van der Waals surface area (Å²) in [6.07, 6.45) is 2.93. The van der Waals surface area contributed by atoms with Gasteiger partial charge < -0.3 is 25.1 Å². The Morgan fingerprint density at radius 3 is 2.61 bits per heavy atom. The van der Waals surface area contributed by atoms with E-state index >= 15 is 0 Å². The largest absolute Gasteiger partial charge is 0.508 e. The summed E-state index contributed by atoms with van der Waals surface area (Å²) in [5, 5.41) is 12.8. The van der Waals surface area contributed by atoms with Gasteiger partial charge in [-0.25, -0.2) is 14.2 Å². The maximum atomic E-state index is 13.6. The zero-order valence-electron chi connectivity index (χ0n) is 21.3. The van der Waals surface area contributed by atoms with Gasteiger partial charge in [-0.15, -0.1) is 0 Å². The van der Waals surface area contributed by atoms with Crippen molar-refractivity contribution in [2.24, 2.45) is 0 Å². The lowest BCUT2D eigenvalue weighted by Gasteiger charge is -2.39. The van der Waals surface area contributed by atoms with Gasteiger partial charge in [0, 0.05) is 55.0 Å². The summed E-state index contributed by atoms with van der Waals surface area (Å²) in [7, 11) is 0. The second-order valence-corrected chi connectivity index (χ2v) is 10.3. The van der Waals surface area contributed by atoms with Gasteiger partial charge in [0.25, 0.3) is 5.91 Å². The number of carbonyl (C=O) groups excluding carboxylic acids is 2. The topological polar surface area (TPSA) is 89.0 Å². The third-order valence-electron chi connectivity index (χ3n) is 7.82. The quantitative estimate of drug-likeness (QED) is 0.502. The molecule has 3 aliphatic heterocycles. The zero-order chi connectivity index (χ0) is 26.4. The predicted molar refractivity (Wildman–Crippen MR) is 144 cm³/mol. The molecule has 8 nitrogen and oxygen atoms in total. The number of amides is 3. The number of aromatic nitrogens is 1. The van der Waals surface area contributed by atoms with Gasteiger partial charge in [0.05, 0.1) is 0 Å². The number of hydrogen-bond acceptors (Lipinski definition) is 5. The SMILES string of the molecule is Cc1cc(N2CCC(N3CCc4cc(O)ccc4NC3=O)CC2)cc(C(=O)N2CCc3cc(F)ccc32)n1. The van der Waals surface area contributed by atoms with Gasteiger partial charge >= 0.3 is 6.03 Å². The minimum atomic E-state index is -0.293. The van der Waals surface area contributed by atoms with E-state index in [0.717, 1.165) is 59.8 Å². The van der Waals surface area contributed by atoms with E-state index in [9.17, 15) is 19.1 Å². The van der Waals surface area contributed by atoms with Crippen molar-refractivity contribution in [2.45, 2.75) is 38.6 Å². The molecular formula is C29H30FN5O3. The molecule has 0 aliphatic carbocycles. The Labute approximate surface area is 220 Å². The van der Waals surface area contributed by atoms with Crippen molar-refractivity contribution in [3.63, 3.8) is 0 Å². The fourth-order valence-corrected chi connectivity index (χ4v) is 5.88. The molecule has 3 aliphatic rings. The van der Waals surface area contributed by atoms with E-state index in [1.54, 1.807) is 29.2 Å². The number of urea groups is 1. The summed E-state index contributed by atoms with van der Waals surface area (Å²) in [5.41, 5.74) is 5.37. The van der Waals surface area contributed by atoms with Crippen LogP contribution in [0.5, 0.6) is 5.75 Å². The first-order chi connectivity index (χ1) is 18.4. The number of anilines is 3. The van der Waals surface area contributed by atoms with Gasteiger partial charge in [-0.3, -0.25) is 4.79 Å². The lowest BCUT2D eigenvalue weighted by Crippen LogP contribution is -2.49. The maximum Gasteiger partial charge on any atom is 0.322 e. The van der Waals surface area contributed by atoms with Gasteiger partial charge in [-0.05, 0) is 92.3 Å². The number of nitrogens with one attached hydrogen (secondary N) is 1. The normalized spacial score (nSPS) is 17.6. The lowest BCUT2D eigenvalue weighted by molar-refractivity contribution is 0.0984. The third-order valence-corrected chi connectivity index (χ3v) is 7.82. The van der Waals surface area contributed by atoms with Crippen molar-refractivity contribution in [3.05, 3.63) is 76.9 Å². The number of piperidine rings is 1. The molecule has 9 heteroatoms. The minimum absolute atomic E-state index is 0.105. The number of aromatic hydroxyl groups is 1. The molecule has 0 radical (unpaired) electrons. The van der Waals surface area contributed by atoms with E-state index in [1.165, 1.54) is 12.1 Å². The molecule has 2 aromatic carbocycles. The van der Waals surface area contributed by atoms with Gasteiger partial charge in [0.2, 0.25) is 0 Å². The molecule has 0 unspecified atom stereocenters. The molecule has 1 aromatic heterocycles. The number of pyridine rings is 1. The van der Waals surface area contributed by atoms with Crippen LogP contribution in [-0.2, 0) is 12.8 Å². The summed E-state index contributed by atoms with van der Waals surface area (Å²) >= 11 is 0. The van der Waals surface area contributed by atoms with Crippen LogP contribution < -0.4 is 15.1 Å². The van der Waals surface area contributed by atoms with Crippen LogP contribution >= 0.6 is 0 Å². The molecule has 4 heterocycles. The van der Waals surface area contributed by atoms with E-state index in [0.29, 0.717) is 31.6 Å². The van der Waals surface area contributed by atoms with Gasteiger partial charge in [-0.2, -0.15) is 0 Å². The summed E-state index contributed by atoms with van der Waals surface area (Å²) < 4.78 is 13.6. The van der Waals surface area contributed by atoms with Gasteiger partial charge in [0.15, 0.2) is 0 Å². The number of hydrogen-bond donors (Lipinski definition) is 2. The first-order valence-electron chi connectivity index (χ1n) is 13.1. The molecule has 3 aromatic rings.